The van der Waals surface area contributed by atoms with Crippen molar-refractivity contribution in [2.75, 3.05) is 0 Å². The Labute approximate surface area is 122 Å². The largest absolute Gasteiger partial charge is 0.392 e. The van der Waals surface area contributed by atoms with Crippen molar-refractivity contribution in [3.63, 3.8) is 0 Å². The molecular formula is C18H28O2. The molecule has 0 spiro atoms. The Hall–Kier alpha value is -0.860. The maximum Gasteiger partial charge on any atom is 0.0721 e. The molecule has 1 saturated carbocycles. The predicted octanol–water partition coefficient (Wildman–Crippen LogP) is 3.54. The van der Waals surface area contributed by atoms with Crippen molar-refractivity contribution in [3.8, 4) is 0 Å². The summed E-state index contributed by atoms with van der Waals surface area (Å²) >= 11 is 0. The highest BCUT2D eigenvalue weighted by atomic mass is 16.3. The van der Waals surface area contributed by atoms with Crippen molar-refractivity contribution in [2.45, 2.75) is 58.7 Å². The average Bonchev–Trinajstić information content (AvgIpc) is 2.38. The van der Waals surface area contributed by atoms with Gasteiger partial charge >= 0.3 is 0 Å². The minimum absolute atomic E-state index is 0.0498. The van der Waals surface area contributed by atoms with Crippen molar-refractivity contribution >= 4 is 0 Å². The quantitative estimate of drug-likeness (QED) is 0.883. The molecule has 0 aromatic heterocycles. The van der Waals surface area contributed by atoms with Crippen molar-refractivity contribution in [2.24, 2.45) is 17.8 Å². The first-order valence-corrected chi connectivity index (χ1v) is 7.86. The van der Waals surface area contributed by atoms with Crippen molar-refractivity contribution in [1.29, 1.82) is 0 Å². The van der Waals surface area contributed by atoms with Crippen LogP contribution >= 0.6 is 0 Å². The Kier molecular flexibility index (Phi) is 4.87. The van der Waals surface area contributed by atoms with E-state index in [9.17, 15) is 10.2 Å². The second kappa shape index (κ2) is 6.28. The Bertz CT molecular complexity index is 441. The smallest absolute Gasteiger partial charge is 0.0721 e. The van der Waals surface area contributed by atoms with Crippen LogP contribution in [0.1, 0.15) is 51.2 Å². The Balaban J connectivity index is 2.26. The summed E-state index contributed by atoms with van der Waals surface area (Å²) in [6.07, 6.45) is 3.86. The van der Waals surface area contributed by atoms with Crippen LogP contribution in [0.3, 0.4) is 0 Å². The predicted molar refractivity (Wildman–Crippen MR) is 82.4 cm³/mol. The summed E-state index contributed by atoms with van der Waals surface area (Å²) in [6.45, 7) is 6.71. The SMILES string of the molecule is CC1CCC(C(C)C)C(O)(Cc2ccccc2CO)C1. The normalized spacial score (nSPS) is 30.7. The Morgan fingerprint density at radius 1 is 1.20 bits per heavy atom. The van der Waals surface area contributed by atoms with Crippen LogP contribution in [0.4, 0.5) is 0 Å². The van der Waals surface area contributed by atoms with Crippen molar-refractivity contribution in [1.82, 2.24) is 0 Å². The van der Waals surface area contributed by atoms with Crippen molar-refractivity contribution < 1.29 is 10.2 Å². The lowest BCUT2D eigenvalue weighted by Crippen LogP contribution is -2.47. The monoisotopic (exact) mass is 276 g/mol. The number of hydrogen-bond donors (Lipinski definition) is 2. The highest BCUT2D eigenvalue weighted by molar-refractivity contribution is 5.28. The average molecular weight is 276 g/mol. The van der Waals surface area contributed by atoms with E-state index < -0.39 is 5.60 Å². The van der Waals surface area contributed by atoms with Gasteiger partial charge in [-0.25, -0.2) is 0 Å². The van der Waals surface area contributed by atoms with Gasteiger partial charge in [0, 0.05) is 6.42 Å². The molecule has 0 bridgehead atoms. The van der Waals surface area contributed by atoms with E-state index in [1.165, 1.54) is 6.42 Å². The van der Waals surface area contributed by atoms with Gasteiger partial charge in [-0.3, -0.25) is 0 Å². The molecule has 2 N–H and O–H groups in total. The number of aliphatic hydroxyl groups is 2. The van der Waals surface area contributed by atoms with Gasteiger partial charge in [0.1, 0.15) is 0 Å². The van der Waals surface area contributed by atoms with Gasteiger partial charge in [-0.05, 0) is 41.7 Å². The zero-order chi connectivity index (χ0) is 14.8. The van der Waals surface area contributed by atoms with E-state index in [4.69, 9.17) is 0 Å². The molecule has 0 saturated heterocycles. The molecule has 1 fully saturated rings. The van der Waals surface area contributed by atoms with E-state index in [0.29, 0.717) is 24.2 Å². The minimum Gasteiger partial charge on any atom is -0.392 e. The van der Waals surface area contributed by atoms with E-state index in [1.54, 1.807) is 0 Å². The molecule has 0 heterocycles. The fourth-order valence-electron chi connectivity index (χ4n) is 3.96. The summed E-state index contributed by atoms with van der Waals surface area (Å²) < 4.78 is 0. The molecular weight excluding hydrogens is 248 g/mol. The van der Waals surface area contributed by atoms with Crippen LogP contribution in [0.25, 0.3) is 0 Å². The number of benzene rings is 1. The third-order valence-electron chi connectivity index (χ3n) is 4.95. The van der Waals surface area contributed by atoms with E-state index >= 15 is 0 Å². The van der Waals surface area contributed by atoms with E-state index in [-0.39, 0.29) is 6.61 Å². The van der Waals surface area contributed by atoms with Gasteiger partial charge < -0.3 is 10.2 Å². The summed E-state index contributed by atoms with van der Waals surface area (Å²) in [6, 6.07) is 7.94. The molecule has 2 rings (SSSR count). The lowest BCUT2D eigenvalue weighted by Gasteiger charge is -2.45. The van der Waals surface area contributed by atoms with Gasteiger partial charge in [-0.2, -0.15) is 0 Å². The van der Waals surface area contributed by atoms with Crippen LogP contribution < -0.4 is 0 Å². The summed E-state index contributed by atoms with van der Waals surface area (Å²) in [5, 5.41) is 20.7. The van der Waals surface area contributed by atoms with Crippen LogP contribution in [-0.4, -0.2) is 15.8 Å². The topological polar surface area (TPSA) is 40.5 Å². The van der Waals surface area contributed by atoms with Gasteiger partial charge in [0.15, 0.2) is 0 Å². The fourth-order valence-corrected chi connectivity index (χ4v) is 3.96. The molecule has 3 unspecified atom stereocenters. The second-order valence-electron chi connectivity index (χ2n) is 6.94. The van der Waals surface area contributed by atoms with E-state index in [0.717, 1.165) is 24.0 Å². The Morgan fingerprint density at radius 2 is 1.85 bits per heavy atom. The van der Waals surface area contributed by atoms with Gasteiger partial charge in [0.2, 0.25) is 0 Å². The standard InChI is InChI=1S/C18H28O2/c1-13(2)17-9-8-14(3)10-18(17,20)11-15-6-4-5-7-16(15)12-19/h4-7,13-14,17,19-20H,8-12H2,1-3H3. The first-order chi connectivity index (χ1) is 9.46. The molecule has 112 valence electrons. The van der Waals surface area contributed by atoms with Crippen LogP contribution in [-0.2, 0) is 13.0 Å². The molecule has 2 nitrogen and oxygen atoms in total. The van der Waals surface area contributed by atoms with Gasteiger partial charge in [-0.1, -0.05) is 51.5 Å². The Morgan fingerprint density at radius 3 is 2.45 bits per heavy atom. The minimum atomic E-state index is -0.628. The summed E-state index contributed by atoms with van der Waals surface area (Å²) in [4.78, 5) is 0. The number of aliphatic hydroxyl groups excluding tert-OH is 1. The zero-order valence-electron chi connectivity index (χ0n) is 13.0. The highest BCUT2D eigenvalue weighted by Gasteiger charge is 2.42. The van der Waals surface area contributed by atoms with Crippen molar-refractivity contribution in [3.05, 3.63) is 35.4 Å². The van der Waals surface area contributed by atoms with Crippen LogP contribution in [0.2, 0.25) is 0 Å². The van der Waals surface area contributed by atoms with Gasteiger partial charge in [-0.15, -0.1) is 0 Å². The first-order valence-electron chi connectivity index (χ1n) is 7.86. The third kappa shape index (κ3) is 3.24. The molecule has 3 atom stereocenters. The molecule has 0 amide bonds. The van der Waals surface area contributed by atoms with E-state index in [2.05, 4.69) is 20.8 Å². The lowest BCUT2D eigenvalue weighted by molar-refractivity contribution is -0.0797. The van der Waals surface area contributed by atoms with Crippen LogP contribution in [0.5, 0.6) is 0 Å². The first kappa shape index (κ1) is 15.5. The molecule has 0 aliphatic heterocycles. The van der Waals surface area contributed by atoms with Crippen LogP contribution in [0, 0.1) is 17.8 Å². The highest BCUT2D eigenvalue weighted by Crippen LogP contribution is 2.43. The fraction of sp³-hybridized carbons (Fsp3) is 0.667. The molecule has 2 heteroatoms. The van der Waals surface area contributed by atoms with E-state index in [1.807, 2.05) is 24.3 Å². The maximum atomic E-state index is 11.3. The molecule has 1 aliphatic rings. The maximum absolute atomic E-state index is 11.3. The summed E-state index contributed by atoms with van der Waals surface area (Å²) in [7, 11) is 0. The van der Waals surface area contributed by atoms with Gasteiger partial charge in [0.05, 0.1) is 12.2 Å². The molecule has 0 radical (unpaired) electrons. The lowest BCUT2D eigenvalue weighted by atomic mass is 9.65. The van der Waals surface area contributed by atoms with Gasteiger partial charge in [0.25, 0.3) is 0 Å². The molecule has 1 aliphatic carbocycles. The molecule has 20 heavy (non-hydrogen) atoms. The third-order valence-corrected chi connectivity index (χ3v) is 4.95. The molecule has 1 aromatic rings. The number of hydrogen-bond acceptors (Lipinski definition) is 2. The second-order valence-corrected chi connectivity index (χ2v) is 6.94. The molecule has 1 aromatic carbocycles. The zero-order valence-corrected chi connectivity index (χ0v) is 13.0. The summed E-state index contributed by atoms with van der Waals surface area (Å²) in [5.41, 5.74) is 1.41. The number of rotatable bonds is 4. The van der Waals surface area contributed by atoms with Crippen LogP contribution in [0.15, 0.2) is 24.3 Å². The summed E-state index contributed by atoms with van der Waals surface area (Å²) in [5.74, 6) is 1.43.